The standard InChI is InChI=1S/C37H38Cl2FN3O4S/c1-26-16-19-30(20-17-26)48(46,47)43(34-15-9-8-14-33(34)40)25-36(44)42(24-28-18-21-31(38)32(39)22-28)35(23-27-10-4-2-5-11-27)37(45)41-29-12-6-3-7-13-29/h2,4-5,8-11,14-22,29,35H,3,6-7,12-13,23-25H2,1H3,(H,41,45)/t35-/m1/s1. The molecule has 0 unspecified atom stereocenters. The van der Waals surface area contributed by atoms with Crippen LogP contribution in [0.15, 0.2) is 102 Å². The summed E-state index contributed by atoms with van der Waals surface area (Å²) in [5.41, 5.74) is 1.95. The van der Waals surface area contributed by atoms with Crippen LogP contribution in [0.4, 0.5) is 10.1 Å². The van der Waals surface area contributed by atoms with Gasteiger partial charge in [0.05, 0.1) is 20.6 Å². The molecule has 0 radical (unpaired) electrons. The van der Waals surface area contributed by atoms with Crippen LogP contribution in [0.2, 0.25) is 10.0 Å². The zero-order valence-corrected chi connectivity index (χ0v) is 28.9. The van der Waals surface area contributed by atoms with Gasteiger partial charge in [-0.1, -0.05) is 109 Å². The maximum atomic E-state index is 15.3. The molecule has 0 aliphatic heterocycles. The molecular weight excluding hydrogens is 672 g/mol. The van der Waals surface area contributed by atoms with Crippen LogP contribution < -0.4 is 9.62 Å². The maximum absolute atomic E-state index is 15.3. The third kappa shape index (κ3) is 8.75. The monoisotopic (exact) mass is 709 g/mol. The zero-order chi connectivity index (χ0) is 34.3. The molecule has 2 amide bonds. The molecule has 252 valence electrons. The third-order valence-electron chi connectivity index (χ3n) is 8.57. The largest absolute Gasteiger partial charge is 0.352 e. The molecule has 1 N–H and O–H groups in total. The Morgan fingerprint density at radius 1 is 0.854 bits per heavy atom. The molecule has 1 atom stereocenters. The van der Waals surface area contributed by atoms with Crippen molar-refractivity contribution < 1.29 is 22.4 Å². The van der Waals surface area contributed by atoms with Crippen LogP contribution in [0.5, 0.6) is 0 Å². The predicted octanol–water partition coefficient (Wildman–Crippen LogP) is 7.73. The average Bonchev–Trinajstić information content (AvgIpc) is 3.08. The minimum atomic E-state index is -4.43. The lowest BCUT2D eigenvalue weighted by atomic mass is 9.94. The first-order chi connectivity index (χ1) is 23.0. The number of benzene rings is 4. The van der Waals surface area contributed by atoms with Crippen molar-refractivity contribution in [2.24, 2.45) is 0 Å². The molecule has 48 heavy (non-hydrogen) atoms. The fourth-order valence-electron chi connectivity index (χ4n) is 5.94. The number of nitrogens with zero attached hydrogens (tertiary/aromatic N) is 2. The van der Waals surface area contributed by atoms with E-state index in [1.807, 2.05) is 37.3 Å². The summed E-state index contributed by atoms with van der Waals surface area (Å²) in [6, 6.07) is 24.7. The van der Waals surface area contributed by atoms with Crippen LogP contribution in [0.1, 0.15) is 48.8 Å². The lowest BCUT2D eigenvalue weighted by Gasteiger charge is -2.35. The first-order valence-corrected chi connectivity index (χ1v) is 18.1. The van der Waals surface area contributed by atoms with Crippen molar-refractivity contribution in [2.45, 2.75) is 69.0 Å². The second kappa shape index (κ2) is 16.0. The number of aryl methyl sites for hydroxylation is 1. The first kappa shape index (κ1) is 35.4. The Kier molecular flexibility index (Phi) is 11.8. The number of para-hydroxylation sites is 1. The fourth-order valence-corrected chi connectivity index (χ4v) is 7.68. The van der Waals surface area contributed by atoms with Gasteiger partial charge in [-0.15, -0.1) is 0 Å². The molecule has 0 bridgehead atoms. The molecule has 0 saturated heterocycles. The van der Waals surface area contributed by atoms with E-state index in [-0.39, 0.29) is 40.5 Å². The molecule has 11 heteroatoms. The van der Waals surface area contributed by atoms with E-state index in [4.69, 9.17) is 23.2 Å². The van der Waals surface area contributed by atoms with Gasteiger partial charge in [-0.25, -0.2) is 12.8 Å². The second-order valence-electron chi connectivity index (χ2n) is 12.1. The number of carbonyl (C=O) groups is 2. The highest BCUT2D eigenvalue weighted by molar-refractivity contribution is 7.92. The molecule has 5 rings (SSSR count). The molecule has 1 aliphatic carbocycles. The first-order valence-electron chi connectivity index (χ1n) is 15.9. The topological polar surface area (TPSA) is 86.8 Å². The fraction of sp³-hybridized carbons (Fsp3) is 0.297. The highest BCUT2D eigenvalue weighted by atomic mass is 35.5. The lowest BCUT2D eigenvalue weighted by Crippen LogP contribution is -2.55. The number of hydrogen-bond donors (Lipinski definition) is 1. The van der Waals surface area contributed by atoms with Crippen molar-refractivity contribution in [3.05, 3.63) is 130 Å². The Bertz CT molecular complexity index is 1840. The number of nitrogens with one attached hydrogen (secondary N) is 1. The SMILES string of the molecule is Cc1ccc(S(=O)(=O)N(CC(=O)N(Cc2ccc(Cl)c(Cl)c2)[C@H](Cc2ccccc2)C(=O)NC2CCCCC2)c2ccccc2F)cc1. The number of sulfonamides is 1. The van der Waals surface area contributed by atoms with Gasteiger partial charge in [-0.3, -0.25) is 13.9 Å². The smallest absolute Gasteiger partial charge is 0.264 e. The molecule has 0 heterocycles. The maximum Gasteiger partial charge on any atom is 0.264 e. The quantitative estimate of drug-likeness (QED) is 0.163. The number of anilines is 1. The summed E-state index contributed by atoms with van der Waals surface area (Å²) in [6.45, 7) is 0.974. The van der Waals surface area contributed by atoms with Gasteiger partial charge in [0.25, 0.3) is 10.0 Å². The summed E-state index contributed by atoms with van der Waals surface area (Å²) in [5.74, 6) is -1.86. The molecular formula is C37H38Cl2FN3O4S. The van der Waals surface area contributed by atoms with Gasteiger partial charge in [0.1, 0.15) is 18.4 Å². The third-order valence-corrected chi connectivity index (χ3v) is 11.1. The number of hydrogen-bond acceptors (Lipinski definition) is 4. The predicted molar refractivity (Wildman–Crippen MR) is 188 cm³/mol. The van der Waals surface area contributed by atoms with Gasteiger partial charge in [-0.05, 0) is 67.3 Å². The van der Waals surface area contributed by atoms with Crippen LogP contribution in [-0.2, 0) is 32.6 Å². The molecule has 0 aromatic heterocycles. The normalized spacial score (nSPS) is 14.2. The molecule has 0 spiro atoms. The minimum absolute atomic E-state index is 0.0386. The number of halogens is 3. The lowest BCUT2D eigenvalue weighted by molar-refractivity contribution is -0.140. The van der Waals surface area contributed by atoms with Crippen LogP contribution in [-0.4, -0.2) is 43.8 Å². The Labute approximate surface area is 291 Å². The molecule has 4 aromatic rings. The highest BCUT2D eigenvalue weighted by Crippen LogP contribution is 2.29. The Morgan fingerprint density at radius 3 is 2.19 bits per heavy atom. The van der Waals surface area contributed by atoms with Crippen molar-refractivity contribution in [1.29, 1.82) is 0 Å². The Hall–Kier alpha value is -3.92. The van der Waals surface area contributed by atoms with Crippen molar-refractivity contribution in [1.82, 2.24) is 10.2 Å². The van der Waals surface area contributed by atoms with Gasteiger partial charge >= 0.3 is 0 Å². The van der Waals surface area contributed by atoms with E-state index < -0.39 is 34.3 Å². The Balaban J connectivity index is 1.58. The van der Waals surface area contributed by atoms with E-state index in [2.05, 4.69) is 5.32 Å². The van der Waals surface area contributed by atoms with Gasteiger partial charge in [0.2, 0.25) is 11.8 Å². The number of carbonyl (C=O) groups excluding carboxylic acids is 2. The minimum Gasteiger partial charge on any atom is -0.352 e. The number of rotatable bonds is 12. The molecule has 4 aromatic carbocycles. The Morgan fingerprint density at radius 2 is 1.52 bits per heavy atom. The van der Waals surface area contributed by atoms with Gasteiger partial charge < -0.3 is 10.2 Å². The van der Waals surface area contributed by atoms with Crippen molar-refractivity contribution in [2.75, 3.05) is 10.8 Å². The van der Waals surface area contributed by atoms with Crippen molar-refractivity contribution in [3.63, 3.8) is 0 Å². The zero-order valence-electron chi connectivity index (χ0n) is 26.6. The van der Waals surface area contributed by atoms with E-state index in [9.17, 15) is 18.0 Å². The van der Waals surface area contributed by atoms with E-state index in [1.54, 1.807) is 30.3 Å². The van der Waals surface area contributed by atoms with Crippen LogP contribution in [0.25, 0.3) is 0 Å². The summed E-state index contributed by atoms with van der Waals surface area (Å²) in [4.78, 5) is 30.1. The summed E-state index contributed by atoms with van der Waals surface area (Å²) in [7, 11) is -4.43. The summed E-state index contributed by atoms with van der Waals surface area (Å²) < 4.78 is 44.4. The average molecular weight is 711 g/mol. The summed E-state index contributed by atoms with van der Waals surface area (Å²) in [6.07, 6.45) is 4.92. The van der Waals surface area contributed by atoms with Gasteiger partial charge in [-0.2, -0.15) is 0 Å². The molecule has 7 nitrogen and oxygen atoms in total. The van der Waals surface area contributed by atoms with E-state index in [0.29, 0.717) is 10.6 Å². The highest BCUT2D eigenvalue weighted by Gasteiger charge is 2.36. The van der Waals surface area contributed by atoms with Crippen LogP contribution in [0.3, 0.4) is 0 Å². The second-order valence-corrected chi connectivity index (χ2v) is 14.8. The van der Waals surface area contributed by atoms with E-state index in [0.717, 1.165) is 53.6 Å². The van der Waals surface area contributed by atoms with Crippen LogP contribution in [0, 0.1) is 12.7 Å². The van der Waals surface area contributed by atoms with E-state index in [1.165, 1.54) is 35.2 Å². The van der Waals surface area contributed by atoms with Crippen molar-refractivity contribution in [3.8, 4) is 0 Å². The number of amides is 2. The summed E-state index contributed by atoms with van der Waals surface area (Å²) >= 11 is 12.5. The molecule has 1 saturated carbocycles. The summed E-state index contributed by atoms with van der Waals surface area (Å²) in [5, 5.41) is 3.75. The van der Waals surface area contributed by atoms with Crippen molar-refractivity contribution >= 4 is 50.7 Å². The van der Waals surface area contributed by atoms with Crippen LogP contribution >= 0.6 is 23.2 Å². The molecule has 1 aliphatic rings. The van der Waals surface area contributed by atoms with Gasteiger partial charge in [0, 0.05) is 19.0 Å². The van der Waals surface area contributed by atoms with Gasteiger partial charge in [0.15, 0.2) is 0 Å². The van der Waals surface area contributed by atoms with E-state index >= 15 is 4.39 Å². The molecule has 1 fully saturated rings.